The van der Waals surface area contributed by atoms with Gasteiger partial charge < -0.3 is 40.6 Å². The number of aryl methyl sites for hydroxylation is 2. The minimum absolute atomic E-state index is 0.0153. The molecule has 0 aliphatic carbocycles. The van der Waals surface area contributed by atoms with Gasteiger partial charge in [-0.1, -0.05) is 29.7 Å². The summed E-state index contributed by atoms with van der Waals surface area (Å²) < 4.78 is 20.2. The Bertz CT molecular complexity index is 1970. The van der Waals surface area contributed by atoms with E-state index < -0.39 is 36.1 Å². The lowest BCUT2D eigenvalue weighted by Crippen LogP contribution is -2.42. The lowest BCUT2D eigenvalue weighted by molar-refractivity contribution is -0.150. The number of alkyl carbamates (subject to hydrolysis) is 1. The van der Waals surface area contributed by atoms with Gasteiger partial charge in [0.05, 0.1) is 33.1 Å². The van der Waals surface area contributed by atoms with Gasteiger partial charge in [-0.15, -0.1) is 0 Å². The van der Waals surface area contributed by atoms with Crippen LogP contribution in [0, 0.1) is 30.6 Å². The SMILES string of the molecule is COC(=O)Cc1cc(C#CCOC(=O)Cc2ccnc(N)c2)cc(C#CCOC(=O)NC2CC(C(=O)OC)N(C(=O)CCc3ccc(N)cc3C)C2)c1. The van der Waals surface area contributed by atoms with E-state index in [9.17, 15) is 24.0 Å². The highest BCUT2D eigenvalue weighted by Gasteiger charge is 2.40. The Kier molecular flexibility index (Phi) is 14.2. The zero-order valence-electron chi connectivity index (χ0n) is 29.7. The number of pyridine rings is 1. The summed E-state index contributed by atoms with van der Waals surface area (Å²) in [5.41, 5.74) is 16.3. The number of ether oxygens (including phenoxy) is 4. The van der Waals surface area contributed by atoms with Crippen LogP contribution in [0.3, 0.4) is 0 Å². The number of esters is 3. The molecule has 2 unspecified atom stereocenters. The van der Waals surface area contributed by atoms with Crippen LogP contribution in [0.15, 0.2) is 54.7 Å². The number of rotatable bonds is 11. The quantitative estimate of drug-likeness (QED) is 0.113. The number of carbonyl (C=O) groups is 5. The second-order valence-electron chi connectivity index (χ2n) is 12.1. The van der Waals surface area contributed by atoms with E-state index >= 15 is 0 Å². The summed E-state index contributed by atoms with van der Waals surface area (Å²) in [5.74, 6) is 9.88. The predicted octanol–water partition coefficient (Wildman–Crippen LogP) is 2.26. The van der Waals surface area contributed by atoms with E-state index in [2.05, 4.69) is 34.0 Å². The van der Waals surface area contributed by atoms with Gasteiger partial charge >= 0.3 is 24.0 Å². The number of nitrogens with one attached hydrogen (secondary N) is 1. The molecular weight excluding hydrogens is 682 g/mol. The van der Waals surface area contributed by atoms with Crippen molar-refractivity contribution in [3.63, 3.8) is 0 Å². The summed E-state index contributed by atoms with van der Waals surface area (Å²) in [4.78, 5) is 67.8. The number of nitrogens with zero attached hydrogens (tertiary/aromatic N) is 2. The zero-order chi connectivity index (χ0) is 38.3. The van der Waals surface area contributed by atoms with Crippen molar-refractivity contribution < 1.29 is 42.9 Å². The molecule has 2 amide bonds. The van der Waals surface area contributed by atoms with Gasteiger partial charge in [0.1, 0.15) is 11.9 Å². The van der Waals surface area contributed by atoms with Gasteiger partial charge in [-0.05, 0) is 78.1 Å². The Morgan fingerprint density at radius 3 is 2.23 bits per heavy atom. The Hall–Kier alpha value is -6.54. The number of benzene rings is 2. The number of hydrogen-bond acceptors (Lipinski definition) is 12. The summed E-state index contributed by atoms with van der Waals surface area (Å²) in [6.45, 7) is 1.59. The molecule has 53 heavy (non-hydrogen) atoms. The van der Waals surface area contributed by atoms with Crippen LogP contribution in [0.2, 0.25) is 0 Å². The number of carbonyl (C=O) groups excluding carboxylic acids is 5. The fourth-order valence-electron chi connectivity index (χ4n) is 5.66. The first-order valence-electron chi connectivity index (χ1n) is 16.6. The van der Waals surface area contributed by atoms with Crippen LogP contribution in [-0.4, -0.2) is 85.9 Å². The molecule has 2 atom stereocenters. The number of aromatic nitrogens is 1. The number of amides is 2. The molecule has 0 spiro atoms. The lowest BCUT2D eigenvalue weighted by atomic mass is 10.0. The molecule has 14 nitrogen and oxygen atoms in total. The summed E-state index contributed by atoms with van der Waals surface area (Å²) in [7, 11) is 2.53. The fourth-order valence-corrected chi connectivity index (χ4v) is 5.66. The highest BCUT2D eigenvalue weighted by Crippen LogP contribution is 2.22. The summed E-state index contributed by atoms with van der Waals surface area (Å²) in [5, 5.41) is 2.70. The Balaban J connectivity index is 1.32. The van der Waals surface area contributed by atoms with Crippen molar-refractivity contribution in [2.24, 2.45) is 0 Å². The monoisotopic (exact) mass is 723 g/mol. The number of nitrogen functional groups attached to an aromatic ring is 2. The van der Waals surface area contributed by atoms with E-state index in [1.54, 1.807) is 36.4 Å². The van der Waals surface area contributed by atoms with Crippen LogP contribution in [0.5, 0.6) is 0 Å². The Morgan fingerprint density at radius 1 is 0.868 bits per heavy atom. The van der Waals surface area contributed by atoms with Crippen molar-refractivity contribution in [1.29, 1.82) is 0 Å². The molecule has 276 valence electrons. The normalized spacial score (nSPS) is 14.4. The highest BCUT2D eigenvalue weighted by molar-refractivity contribution is 5.86. The van der Waals surface area contributed by atoms with Gasteiger partial charge in [0.15, 0.2) is 13.2 Å². The van der Waals surface area contributed by atoms with Crippen molar-refractivity contribution in [2.45, 2.75) is 51.1 Å². The van der Waals surface area contributed by atoms with Gasteiger partial charge in [0.25, 0.3) is 0 Å². The molecule has 5 N–H and O–H groups in total. The van der Waals surface area contributed by atoms with Crippen molar-refractivity contribution in [3.05, 3.63) is 88.1 Å². The second-order valence-corrected chi connectivity index (χ2v) is 12.1. The Labute approximate surface area is 307 Å². The predicted molar refractivity (Wildman–Crippen MR) is 194 cm³/mol. The van der Waals surface area contributed by atoms with Gasteiger partial charge in [-0.3, -0.25) is 14.4 Å². The minimum Gasteiger partial charge on any atom is -0.469 e. The van der Waals surface area contributed by atoms with Gasteiger partial charge in [-0.25, -0.2) is 14.6 Å². The molecule has 0 bridgehead atoms. The average molecular weight is 724 g/mol. The smallest absolute Gasteiger partial charge is 0.408 e. The molecule has 1 aromatic heterocycles. The third kappa shape index (κ3) is 12.3. The van der Waals surface area contributed by atoms with E-state index in [1.165, 1.54) is 25.3 Å². The molecule has 2 heterocycles. The van der Waals surface area contributed by atoms with E-state index in [-0.39, 0.29) is 51.3 Å². The summed E-state index contributed by atoms with van der Waals surface area (Å²) >= 11 is 0. The number of hydrogen-bond donors (Lipinski definition) is 3. The van der Waals surface area contributed by atoms with Crippen molar-refractivity contribution >= 4 is 41.4 Å². The molecule has 0 radical (unpaired) electrons. The molecule has 14 heteroatoms. The average Bonchev–Trinajstić information content (AvgIpc) is 3.54. The van der Waals surface area contributed by atoms with Crippen LogP contribution in [0.25, 0.3) is 0 Å². The van der Waals surface area contributed by atoms with Crippen LogP contribution < -0.4 is 16.8 Å². The number of likely N-dealkylation sites (tertiary alicyclic amines) is 1. The number of anilines is 2. The molecule has 3 aromatic rings. The molecule has 1 fully saturated rings. The Morgan fingerprint density at radius 2 is 1.57 bits per heavy atom. The third-order valence-corrected chi connectivity index (χ3v) is 8.20. The first-order valence-corrected chi connectivity index (χ1v) is 16.6. The van der Waals surface area contributed by atoms with E-state index in [0.717, 1.165) is 11.1 Å². The molecular formula is C39H41N5O9. The topological polar surface area (TPSA) is 202 Å². The van der Waals surface area contributed by atoms with Crippen molar-refractivity contribution in [1.82, 2.24) is 15.2 Å². The molecule has 0 saturated carbocycles. The maximum atomic E-state index is 13.2. The first-order chi connectivity index (χ1) is 25.4. The van der Waals surface area contributed by atoms with Crippen LogP contribution in [0.1, 0.15) is 46.2 Å². The third-order valence-electron chi connectivity index (χ3n) is 8.20. The minimum atomic E-state index is -0.848. The van der Waals surface area contributed by atoms with Gasteiger partial charge in [0.2, 0.25) is 5.91 Å². The summed E-state index contributed by atoms with van der Waals surface area (Å²) in [6.07, 6.45) is 1.51. The molecule has 1 aliphatic heterocycles. The van der Waals surface area contributed by atoms with Crippen LogP contribution in [-0.2, 0) is 57.4 Å². The largest absolute Gasteiger partial charge is 0.469 e. The van der Waals surface area contributed by atoms with Gasteiger partial charge in [0, 0.05) is 42.4 Å². The number of methoxy groups -OCH3 is 2. The first kappa shape index (κ1) is 39.2. The molecule has 4 rings (SSSR count). The summed E-state index contributed by atoms with van der Waals surface area (Å²) in [6, 6.07) is 12.4. The van der Waals surface area contributed by atoms with Crippen molar-refractivity contribution in [2.75, 3.05) is 45.4 Å². The molecule has 2 aromatic carbocycles. The van der Waals surface area contributed by atoms with E-state index in [1.807, 2.05) is 19.1 Å². The lowest BCUT2D eigenvalue weighted by Gasteiger charge is -2.22. The molecule has 1 saturated heterocycles. The maximum Gasteiger partial charge on any atom is 0.408 e. The zero-order valence-corrected chi connectivity index (χ0v) is 29.7. The number of nitrogens with two attached hydrogens (primary N) is 2. The standard InChI is InChI=1S/C39H41N5O9/c1-25-16-31(40)10-8-30(25)9-11-35(45)44-24-32(23-33(44)38(48)51-3)43-39(49)53-15-5-7-27-17-26(18-29(19-27)22-36(46)50-2)6-4-14-52-37(47)21-28-12-13-42-34(41)20-28/h8,10,12-13,16-20,32-33H,9,11,14-15,21-24,40H2,1-3H3,(H2,41,42)(H,43,49). The maximum absolute atomic E-state index is 13.2. The van der Waals surface area contributed by atoms with Crippen molar-refractivity contribution in [3.8, 4) is 23.7 Å². The molecule has 1 aliphatic rings. The van der Waals surface area contributed by atoms with Crippen LogP contribution >= 0.6 is 0 Å². The van der Waals surface area contributed by atoms with Gasteiger partial charge in [-0.2, -0.15) is 0 Å². The highest BCUT2D eigenvalue weighted by atomic mass is 16.5. The fraction of sp³-hybridized carbons (Fsp3) is 0.333. The second kappa shape index (κ2) is 19.2. The van der Waals surface area contributed by atoms with E-state index in [4.69, 9.17) is 30.4 Å². The van der Waals surface area contributed by atoms with Crippen LogP contribution in [0.4, 0.5) is 16.3 Å². The van der Waals surface area contributed by atoms with E-state index in [0.29, 0.717) is 40.2 Å².